The number of ether oxygens (including phenoxy) is 3. The smallest absolute Gasteiger partial charge is 0.484 e. The Balaban J connectivity index is 1.56. The van der Waals surface area contributed by atoms with Crippen LogP contribution in [-0.2, 0) is 4.79 Å². The van der Waals surface area contributed by atoms with Crippen molar-refractivity contribution in [2.45, 2.75) is 13.2 Å². The topological polar surface area (TPSA) is 73.9 Å². The van der Waals surface area contributed by atoms with Crippen molar-refractivity contribution in [3.05, 3.63) is 48.0 Å². The Morgan fingerprint density at radius 1 is 1.08 bits per heavy atom. The highest BCUT2D eigenvalue weighted by Gasteiger charge is 2.43. The normalized spacial score (nSPS) is 14.0. The standard InChI is InChI=1S/C17H13F2NO5/c1-10(21)11-2-5-13(6-3-11)23-9-16(22)20-12-4-7-14-15(8-12)25-17(18,19)24-14/h2-8H,9H2,1H3,(H,20,22). The third kappa shape index (κ3) is 4.03. The number of hydrogen-bond donors (Lipinski definition) is 1. The molecule has 0 fully saturated rings. The summed E-state index contributed by atoms with van der Waals surface area (Å²) in [5, 5.41) is 2.50. The first-order chi connectivity index (χ1) is 11.8. The van der Waals surface area contributed by atoms with E-state index in [9.17, 15) is 18.4 Å². The molecule has 1 aliphatic heterocycles. The molecule has 0 saturated carbocycles. The van der Waals surface area contributed by atoms with Gasteiger partial charge in [0, 0.05) is 17.3 Å². The zero-order valence-electron chi connectivity index (χ0n) is 13.0. The number of fused-ring (bicyclic) bond motifs is 1. The number of carbonyl (C=O) groups excluding carboxylic acids is 2. The van der Waals surface area contributed by atoms with Crippen LogP contribution in [0.4, 0.5) is 14.5 Å². The van der Waals surface area contributed by atoms with Crippen molar-refractivity contribution < 1.29 is 32.6 Å². The largest absolute Gasteiger partial charge is 0.586 e. The van der Waals surface area contributed by atoms with E-state index in [1.165, 1.54) is 25.1 Å². The van der Waals surface area contributed by atoms with Crippen molar-refractivity contribution in [2.24, 2.45) is 0 Å². The third-order valence-electron chi connectivity index (χ3n) is 3.32. The molecule has 130 valence electrons. The van der Waals surface area contributed by atoms with Crippen LogP contribution in [0.15, 0.2) is 42.5 Å². The lowest BCUT2D eigenvalue weighted by molar-refractivity contribution is -0.286. The van der Waals surface area contributed by atoms with E-state index in [1.807, 2.05) is 0 Å². The highest BCUT2D eigenvalue weighted by Crippen LogP contribution is 2.42. The second-order valence-corrected chi connectivity index (χ2v) is 5.25. The van der Waals surface area contributed by atoms with E-state index in [1.54, 1.807) is 24.3 Å². The molecule has 0 aromatic heterocycles. The van der Waals surface area contributed by atoms with Crippen LogP contribution in [0.2, 0.25) is 0 Å². The van der Waals surface area contributed by atoms with Crippen LogP contribution in [0.5, 0.6) is 17.2 Å². The van der Waals surface area contributed by atoms with Gasteiger partial charge in [0.1, 0.15) is 5.75 Å². The van der Waals surface area contributed by atoms with E-state index in [-0.39, 0.29) is 29.6 Å². The van der Waals surface area contributed by atoms with Crippen LogP contribution < -0.4 is 19.5 Å². The number of nitrogens with one attached hydrogen (secondary N) is 1. The lowest BCUT2D eigenvalue weighted by Crippen LogP contribution is -2.25. The zero-order chi connectivity index (χ0) is 18.0. The Morgan fingerprint density at radius 2 is 1.76 bits per heavy atom. The number of carbonyl (C=O) groups is 2. The summed E-state index contributed by atoms with van der Waals surface area (Å²) in [6.45, 7) is 1.16. The summed E-state index contributed by atoms with van der Waals surface area (Å²) < 4.78 is 39.8. The molecule has 0 aliphatic carbocycles. The predicted molar refractivity (Wildman–Crippen MR) is 83.2 cm³/mol. The number of hydrogen-bond acceptors (Lipinski definition) is 5. The van der Waals surface area contributed by atoms with Gasteiger partial charge in [-0.2, -0.15) is 0 Å². The summed E-state index contributed by atoms with van der Waals surface area (Å²) in [7, 11) is 0. The van der Waals surface area contributed by atoms with Crippen molar-refractivity contribution in [3.63, 3.8) is 0 Å². The Morgan fingerprint density at radius 3 is 2.44 bits per heavy atom. The summed E-state index contributed by atoms with van der Waals surface area (Å²) >= 11 is 0. The molecule has 0 bridgehead atoms. The van der Waals surface area contributed by atoms with Crippen molar-refractivity contribution in [2.75, 3.05) is 11.9 Å². The number of amides is 1. The number of anilines is 1. The van der Waals surface area contributed by atoms with Gasteiger partial charge in [-0.15, -0.1) is 8.78 Å². The van der Waals surface area contributed by atoms with Crippen molar-refractivity contribution in [3.8, 4) is 17.2 Å². The molecule has 25 heavy (non-hydrogen) atoms. The fraction of sp³-hybridized carbons (Fsp3) is 0.176. The van der Waals surface area contributed by atoms with Gasteiger partial charge in [-0.1, -0.05) is 0 Å². The van der Waals surface area contributed by atoms with Gasteiger partial charge in [-0.3, -0.25) is 9.59 Å². The summed E-state index contributed by atoms with van der Waals surface area (Å²) in [5.41, 5.74) is 0.801. The molecule has 0 saturated heterocycles. The maximum absolute atomic E-state index is 12.9. The van der Waals surface area contributed by atoms with Gasteiger partial charge >= 0.3 is 6.29 Å². The molecule has 2 aromatic rings. The fourth-order valence-corrected chi connectivity index (χ4v) is 2.16. The minimum absolute atomic E-state index is 0.0716. The first-order valence-corrected chi connectivity index (χ1v) is 7.26. The van der Waals surface area contributed by atoms with Crippen molar-refractivity contribution in [1.82, 2.24) is 0 Å². The van der Waals surface area contributed by atoms with Crippen LogP contribution in [0.25, 0.3) is 0 Å². The van der Waals surface area contributed by atoms with Crippen LogP contribution in [0.3, 0.4) is 0 Å². The second-order valence-electron chi connectivity index (χ2n) is 5.25. The molecular formula is C17H13F2NO5. The van der Waals surface area contributed by atoms with Gasteiger partial charge in [0.05, 0.1) is 0 Å². The fourth-order valence-electron chi connectivity index (χ4n) is 2.16. The number of benzene rings is 2. The Labute approximate surface area is 141 Å². The van der Waals surface area contributed by atoms with Gasteiger partial charge in [0.2, 0.25) is 0 Å². The SMILES string of the molecule is CC(=O)c1ccc(OCC(=O)Nc2ccc3c(c2)OC(F)(F)O3)cc1. The van der Waals surface area contributed by atoms with Crippen LogP contribution in [-0.4, -0.2) is 24.6 Å². The maximum atomic E-state index is 12.9. The summed E-state index contributed by atoms with van der Waals surface area (Å²) in [4.78, 5) is 23.1. The van der Waals surface area contributed by atoms with Crippen molar-refractivity contribution >= 4 is 17.4 Å². The van der Waals surface area contributed by atoms with Crippen LogP contribution >= 0.6 is 0 Å². The van der Waals surface area contributed by atoms with E-state index in [0.29, 0.717) is 11.3 Å². The average molecular weight is 349 g/mol. The lowest BCUT2D eigenvalue weighted by atomic mass is 10.1. The first-order valence-electron chi connectivity index (χ1n) is 7.26. The highest BCUT2D eigenvalue weighted by atomic mass is 19.3. The molecule has 8 heteroatoms. The van der Waals surface area contributed by atoms with E-state index >= 15 is 0 Å². The minimum Gasteiger partial charge on any atom is -0.484 e. The molecule has 2 aromatic carbocycles. The number of alkyl halides is 2. The van der Waals surface area contributed by atoms with Gasteiger partial charge in [0.25, 0.3) is 5.91 Å². The Hall–Kier alpha value is -3.16. The van der Waals surface area contributed by atoms with E-state index in [2.05, 4.69) is 14.8 Å². The Kier molecular flexibility index (Phi) is 4.26. The molecule has 1 aliphatic rings. The summed E-state index contributed by atoms with van der Waals surface area (Å²) in [6, 6.07) is 10.2. The first kappa shape index (κ1) is 16.7. The average Bonchev–Trinajstić information content (AvgIpc) is 2.86. The zero-order valence-corrected chi connectivity index (χ0v) is 13.0. The maximum Gasteiger partial charge on any atom is 0.586 e. The minimum atomic E-state index is -3.71. The molecule has 0 spiro atoms. The molecule has 0 unspecified atom stereocenters. The van der Waals surface area contributed by atoms with E-state index in [4.69, 9.17) is 4.74 Å². The van der Waals surface area contributed by atoms with Crippen LogP contribution in [0, 0.1) is 0 Å². The lowest BCUT2D eigenvalue weighted by Gasteiger charge is -2.08. The van der Waals surface area contributed by atoms with Crippen molar-refractivity contribution in [1.29, 1.82) is 0 Å². The monoisotopic (exact) mass is 349 g/mol. The molecule has 0 radical (unpaired) electrons. The number of rotatable bonds is 5. The quantitative estimate of drug-likeness (QED) is 0.839. The van der Waals surface area contributed by atoms with E-state index < -0.39 is 12.2 Å². The number of Topliss-reactive ketones (excluding diaryl/α,β-unsaturated/α-hetero) is 1. The molecule has 1 N–H and O–H groups in total. The number of ketones is 1. The van der Waals surface area contributed by atoms with Gasteiger partial charge in [0.15, 0.2) is 23.9 Å². The molecule has 1 amide bonds. The van der Waals surface area contributed by atoms with Gasteiger partial charge in [-0.05, 0) is 43.3 Å². The molecule has 3 rings (SSSR count). The molecule has 1 heterocycles. The molecular weight excluding hydrogens is 336 g/mol. The highest BCUT2D eigenvalue weighted by molar-refractivity contribution is 5.94. The molecule has 0 atom stereocenters. The van der Waals surface area contributed by atoms with E-state index in [0.717, 1.165) is 0 Å². The van der Waals surface area contributed by atoms with Crippen LogP contribution in [0.1, 0.15) is 17.3 Å². The second kappa shape index (κ2) is 6.39. The number of halogens is 2. The van der Waals surface area contributed by atoms with Gasteiger partial charge < -0.3 is 19.5 Å². The Bertz CT molecular complexity index is 820. The van der Waals surface area contributed by atoms with Gasteiger partial charge in [-0.25, -0.2) is 0 Å². The summed E-state index contributed by atoms with van der Waals surface area (Å²) in [6.07, 6.45) is -3.71. The third-order valence-corrected chi connectivity index (χ3v) is 3.32. The summed E-state index contributed by atoms with van der Waals surface area (Å²) in [5.74, 6) is -0.405. The predicted octanol–water partition coefficient (Wildman–Crippen LogP) is 3.23. The molecule has 6 nitrogen and oxygen atoms in total.